The molecule has 2 aliphatic rings. The molecule has 0 bridgehead atoms. The summed E-state index contributed by atoms with van der Waals surface area (Å²) < 4.78 is 49.5. The number of amides is 1. The molecule has 0 radical (unpaired) electrons. The Labute approximate surface area is 128 Å². The van der Waals surface area contributed by atoms with Crippen molar-refractivity contribution in [2.75, 3.05) is 0 Å². The summed E-state index contributed by atoms with van der Waals surface area (Å²) in [7, 11) is -8.25. The minimum absolute atomic E-state index is 0.0412. The lowest BCUT2D eigenvalue weighted by Gasteiger charge is -2.17. The van der Waals surface area contributed by atoms with Gasteiger partial charge in [0.05, 0.1) is 9.80 Å². The summed E-state index contributed by atoms with van der Waals surface area (Å²) >= 11 is 0. The summed E-state index contributed by atoms with van der Waals surface area (Å²) in [6.07, 6.45) is 2.02. The Hall–Kier alpha value is -1.71. The Balaban J connectivity index is 1.96. The zero-order chi connectivity index (χ0) is 16.0. The Morgan fingerprint density at radius 3 is 2.32 bits per heavy atom. The average Bonchev–Trinajstić information content (AvgIpc) is 2.70. The van der Waals surface area contributed by atoms with Gasteiger partial charge in [0.15, 0.2) is 0 Å². The molecule has 1 aliphatic carbocycles. The van der Waals surface area contributed by atoms with E-state index in [1.165, 1.54) is 24.3 Å². The van der Waals surface area contributed by atoms with E-state index in [0.29, 0.717) is 12.8 Å². The standard InChI is InChI=1S/C13H14N2O5S2/c16-13-11-8-4-5-9-12(11)22(19,20)15(13)14-21(17,18)10-6-2-1-3-7-10/h1-3,6-7,14H,4-5,8-9H2. The molecule has 7 nitrogen and oxygen atoms in total. The van der Waals surface area contributed by atoms with Crippen molar-refractivity contribution in [1.82, 2.24) is 9.25 Å². The summed E-state index contributed by atoms with van der Waals surface area (Å²) in [5, 5.41) is 0. The van der Waals surface area contributed by atoms with E-state index in [0.717, 1.165) is 6.42 Å². The Kier molecular flexibility index (Phi) is 3.58. The maximum absolute atomic E-state index is 12.4. The monoisotopic (exact) mass is 342 g/mol. The van der Waals surface area contributed by atoms with Gasteiger partial charge in [0, 0.05) is 5.57 Å². The third-order valence-electron chi connectivity index (χ3n) is 3.67. The van der Waals surface area contributed by atoms with Crippen LogP contribution in [0.25, 0.3) is 0 Å². The van der Waals surface area contributed by atoms with Crippen LogP contribution in [0.5, 0.6) is 0 Å². The molecule has 1 heterocycles. The van der Waals surface area contributed by atoms with E-state index in [-0.39, 0.29) is 26.2 Å². The maximum Gasteiger partial charge on any atom is 0.280 e. The van der Waals surface area contributed by atoms with Crippen LogP contribution in [0, 0.1) is 0 Å². The van der Waals surface area contributed by atoms with Crippen molar-refractivity contribution >= 4 is 26.0 Å². The molecule has 1 amide bonds. The van der Waals surface area contributed by atoms with E-state index in [4.69, 9.17) is 0 Å². The minimum Gasteiger partial charge on any atom is -0.267 e. The van der Waals surface area contributed by atoms with Crippen molar-refractivity contribution in [3.05, 3.63) is 40.8 Å². The molecule has 1 aromatic rings. The van der Waals surface area contributed by atoms with Gasteiger partial charge in [-0.3, -0.25) is 4.79 Å². The Bertz CT molecular complexity index is 857. The quantitative estimate of drug-likeness (QED) is 0.879. The van der Waals surface area contributed by atoms with Crippen LogP contribution >= 0.6 is 0 Å². The van der Waals surface area contributed by atoms with Gasteiger partial charge in [-0.25, -0.2) is 8.42 Å². The fourth-order valence-electron chi connectivity index (χ4n) is 2.58. The number of carbonyl (C=O) groups excluding carboxylic acids is 1. The summed E-state index contributed by atoms with van der Waals surface area (Å²) in [5.74, 6) is -0.797. The molecule has 0 saturated heterocycles. The molecule has 0 unspecified atom stereocenters. The fraction of sp³-hybridized carbons (Fsp3) is 0.308. The van der Waals surface area contributed by atoms with E-state index >= 15 is 0 Å². The number of carbonyl (C=O) groups is 1. The molecule has 118 valence electrons. The smallest absolute Gasteiger partial charge is 0.267 e. The molecule has 1 N–H and O–H groups in total. The van der Waals surface area contributed by atoms with E-state index < -0.39 is 26.0 Å². The zero-order valence-electron chi connectivity index (χ0n) is 11.5. The highest BCUT2D eigenvalue weighted by molar-refractivity contribution is 7.95. The summed E-state index contributed by atoms with van der Waals surface area (Å²) in [6, 6.07) is 7.30. The molecular formula is C13H14N2O5S2. The first-order valence-corrected chi connectivity index (χ1v) is 9.65. The van der Waals surface area contributed by atoms with E-state index in [1.807, 2.05) is 4.83 Å². The van der Waals surface area contributed by atoms with Gasteiger partial charge < -0.3 is 0 Å². The third kappa shape index (κ3) is 2.34. The highest BCUT2D eigenvalue weighted by atomic mass is 32.2. The Morgan fingerprint density at radius 1 is 1.05 bits per heavy atom. The highest BCUT2D eigenvalue weighted by Gasteiger charge is 2.46. The topological polar surface area (TPSA) is 101 Å². The molecule has 0 fully saturated rings. The molecule has 0 aromatic heterocycles. The van der Waals surface area contributed by atoms with Crippen molar-refractivity contribution < 1.29 is 21.6 Å². The average molecular weight is 342 g/mol. The van der Waals surface area contributed by atoms with Gasteiger partial charge in [0.25, 0.3) is 26.0 Å². The van der Waals surface area contributed by atoms with Gasteiger partial charge in [-0.05, 0) is 37.8 Å². The lowest BCUT2D eigenvalue weighted by atomic mass is 9.99. The maximum atomic E-state index is 12.4. The second-order valence-electron chi connectivity index (χ2n) is 5.09. The van der Waals surface area contributed by atoms with Crippen LogP contribution in [0.4, 0.5) is 0 Å². The largest absolute Gasteiger partial charge is 0.280 e. The van der Waals surface area contributed by atoms with Crippen LogP contribution < -0.4 is 4.83 Å². The molecule has 22 heavy (non-hydrogen) atoms. The first kappa shape index (κ1) is 15.2. The van der Waals surface area contributed by atoms with Crippen LogP contribution in [0.1, 0.15) is 25.7 Å². The molecule has 0 saturated carbocycles. The van der Waals surface area contributed by atoms with Crippen LogP contribution in [0.2, 0.25) is 0 Å². The number of nitrogens with zero attached hydrogens (tertiary/aromatic N) is 1. The first-order chi connectivity index (χ1) is 10.3. The van der Waals surface area contributed by atoms with Crippen LogP contribution in [0.3, 0.4) is 0 Å². The number of hydrogen-bond donors (Lipinski definition) is 1. The lowest BCUT2D eigenvalue weighted by Crippen LogP contribution is -2.46. The van der Waals surface area contributed by atoms with Gasteiger partial charge in [-0.15, -0.1) is 9.25 Å². The van der Waals surface area contributed by atoms with E-state index in [9.17, 15) is 21.6 Å². The van der Waals surface area contributed by atoms with Crippen molar-refractivity contribution in [2.45, 2.75) is 30.6 Å². The molecule has 0 atom stereocenters. The fourth-order valence-corrected chi connectivity index (χ4v) is 5.64. The first-order valence-electron chi connectivity index (χ1n) is 6.73. The number of benzene rings is 1. The highest BCUT2D eigenvalue weighted by Crippen LogP contribution is 2.37. The van der Waals surface area contributed by atoms with Gasteiger partial charge in [-0.1, -0.05) is 18.2 Å². The zero-order valence-corrected chi connectivity index (χ0v) is 13.2. The second kappa shape index (κ2) is 5.18. The molecular weight excluding hydrogens is 328 g/mol. The minimum atomic E-state index is -4.14. The van der Waals surface area contributed by atoms with Crippen LogP contribution in [-0.4, -0.2) is 27.2 Å². The van der Waals surface area contributed by atoms with Crippen LogP contribution in [0.15, 0.2) is 45.7 Å². The van der Waals surface area contributed by atoms with Crippen molar-refractivity contribution in [2.24, 2.45) is 0 Å². The number of allylic oxidation sites excluding steroid dienone is 1. The van der Waals surface area contributed by atoms with Gasteiger partial charge in [0.2, 0.25) is 0 Å². The predicted octanol–water partition coefficient (Wildman–Crippen LogP) is 0.880. The normalized spacial score (nSPS) is 21.1. The van der Waals surface area contributed by atoms with E-state index in [1.54, 1.807) is 6.07 Å². The van der Waals surface area contributed by atoms with Gasteiger partial charge >= 0.3 is 0 Å². The summed E-state index contributed by atoms with van der Waals surface area (Å²) in [4.78, 5) is 14.1. The second-order valence-corrected chi connectivity index (χ2v) is 8.56. The molecule has 3 rings (SSSR count). The van der Waals surface area contributed by atoms with Gasteiger partial charge in [0.1, 0.15) is 0 Å². The SMILES string of the molecule is O=C1C2=C(CCCC2)S(=O)(=O)N1NS(=O)(=O)c1ccccc1. The molecule has 9 heteroatoms. The number of hydrazine groups is 1. The summed E-state index contributed by atoms with van der Waals surface area (Å²) in [6.45, 7) is 0. The number of hydrogen-bond acceptors (Lipinski definition) is 5. The summed E-state index contributed by atoms with van der Waals surface area (Å²) in [5.41, 5.74) is 0.196. The third-order valence-corrected chi connectivity index (χ3v) is 6.91. The molecule has 1 aliphatic heterocycles. The predicted molar refractivity (Wildman–Crippen MR) is 78.0 cm³/mol. The Morgan fingerprint density at radius 2 is 1.68 bits per heavy atom. The molecule has 1 aromatic carbocycles. The van der Waals surface area contributed by atoms with Crippen molar-refractivity contribution in [3.63, 3.8) is 0 Å². The lowest BCUT2D eigenvalue weighted by molar-refractivity contribution is -0.123. The number of sulfonamides is 2. The van der Waals surface area contributed by atoms with Crippen LogP contribution in [-0.2, 0) is 24.8 Å². The van der Waals surface area contributed by atoms with Crippen molar-refractivity contribution in [3.8, 4) is 0 Å². The molecule has 0 spiro atoms. The number of rotatable bonds is 3. The van der Waals surface area contributed by atoms with E-state index in [2.05, 4.69) is 0 Å². The number of nitrogens with one attached hydrogen (secondary N) is 1. The van der Waals surface area contributed by atoms with Crippen molar-refractivity contribution in [1.29, 1.82) is 0 Å². The van der Waals surface area contributed by atoms with Gasteiger partial charge in [-0.2, -0.15) is 8.42 Å².